The quantitative estimate of drug-likeness (QED) is 0.854. The summed E-state index contributed by atoms with van der Waals surface area (Å²) in [5.74, 6) is 0.723. The molecule has 0 aromatic heterocycles. The zero-order valence-electron chi connectivity index (χ0n) is 11.9. The molecule has 3 atom stereocenters. The molecule has 1 aromatic carbocycles. The summed E-state index contributed by atoms with van der Waals surface area (Å²) in [6, 6.07) is 7.67. The number of rotatable bonds is 5. The zero-order valence-corrected chi connectivity index (χ0v) is 12.7. The fourth-order valence-corrected chi connectivity index (χ4v) is 4.34. The van der Waals surface area contributed by atoms with Crippen LogP contribution in [0.5, 0.6) is 0 Å². The van der Waals surface area contributed by atoms with E-state index in [-0.39, 0.29) is 5.82 Å². The average molecular weight is 281 g/mol. The fraction of sp³-hybridized carbons (Fsp3) is 0.625. The van der Waals surface area contributed by atoms with Gasteiger partial charge < -0.3 is 5.32 Å². The van der Waals surface area contributed by atoms with Crippen LogP contribution in [-0.4, -0.2) is 17.8 Å². The Balaban J connectivity index is 2.07. The van der Waals surface area contributed by atoms with Gasteiger partial charge in [0.25, 0.3) is 0 Å². The number of hydrogen-bond donors (Lipinski definition) is 1. The van der Waals surface area contributed by atoms with Crippen LogP contribution in [0.1, 0.15) is 39.5 Å². The van der Waals surface area contributed by atoms with Crippen molar-refractivity contribution in [2.45, 2.75) is 55.7 Å². The highest BCUT2D eigenvalue weighted by Crippen LogP contribution is 2.38. The lowest BCUT2D eigenvalue weighted by Crippen LogP contribution is -2.42. The van der Waals surface area contributed by atoms with Gasteiger partial charge in [-0.25, -0.2) is 4.39 Å². The first kappa shape index (κ1) is 14.9. The van der Waals surface area contributed by atoms with Gasteiger partial charge in [-0.2, -0.15) is 0 Å². The molecular formula is C16H24FNS. The SMILES string of the molecule is CCNC1CCC(CC)CC1Sc1ccccc1F. The summed E-state index contributed by atoms with van der Waals surface area (Å²) in [4.78, 5) is 0.798. The van der Waals surface area contributed by atoms with Crippen molar-refractivity contribution in [3.05, 3.63) is 30.1 Å². The molecule has 1 N–H and O–H groups in total. The molecule has 106 valence electrons. The van der Waals surface area contributed by atoms with Gasteiger partial charge in [0.15, 0.2) is 0 Å². The van der Waals surface area contributed by atoms with E-state index in [2.05, 4.69) is 19.2 Å². The summed E-state index contributed by atoms with van der Waals surface area (Å²) in [5.41, 5.74) is 0. The minimum Gasteiger partial charge on any atom is -0.313 e. The van der Waals surface area contributed by atoms with Crippen molar-refractivity contribution in [3.8, 4) is 0 Å². The molecular weight excluding hydrogens is 257 g/mol. The van der Waals surface area contributed by atoms with E-state index in [0.717, 1.165) is 17.4 Å². The molecule has 1 aromatic rings. The summed E-state index contributed by atoms with van der Waals surface area (Å²) < 4.78 is 13.8. The maximum absolute atomic E-state index is 13.8. The topological polar surface area (TPSA) is 12.0 Å². The van der Waals surface area contributed by atoms with Crippen LogP contribution in [0.4, 0.5) is 4.39 Å². The van der Waals surface area contributed by atoms with Gasteiger partial charge >= 0.3 is 0 Å². The molecule has 0 heterocycles. The van der Waals surface area contributed by atoms with Gasteiger partial charge in [-0.05, 0) is 43.9 Å². The second-order valence-corrected chi connectivity index (χ2v) is 6.62. The Morgan fingerprint density at radius 1 is 1.26 bits per heavy atom. The minimum absolute atomic E-state index is 0.0821. The Morgan fingerprint density at radius 2 is 2.05 bits per heavy atom. The molecule has 1 aliphatic rings. The molecule has 0 aliphatic heterocycles. The Bertz CT molecular complexity index is 396. The summed E-state index contributed by atoms with van der Waals surface area (Å²) in [6.07, 6.45) is 4.97. The summed E-state index contributed by atoms with van der Waals surface area (Å²) in [5, 5.41) is 4.07. The van der Waals surface area contributed by atoms with Crippen LogP contribution < -0.4 is 5.32 Å². The summed E-state index contributed by atoms with van der Waals surface area (Å²) >= 11 is 1.72. The van der Waals surface area contributed by atoms with Gasteiger partial charge in [0.05, 0.1) is 0 Å². The molecule has 0 bridgehead atoms. The van der Waals surface area contributed by atoms with Crippen LogP contribution >= 0.6 is 11.8 Å². The van der Waals surface area contributed by atoms with Gasteiger partial charge in [0.2, 0.25) is 0 Å². The van der Waals surface area contributed by atoms with Crippen LogP contribution in [0.2, 0.25) is 0 Å². The fourth-order valence-electron chi connectivity index (χ4n) is 2.91. The van der Waals surface area contributed by atoms with Crippen LogP contribution in [0.3, 0.4) is 0 Å². The Labute approximate surface area is 120 Å². The van der Waals surface area contributed by atoms with E-state index in [1.54, 1.807) is 23.9 Å². The van der Waals surface area contributed by atoms with Crippen LogP contribution in [-0.2, 0) is 0 Å². The van der Waals surface area contributed by atoms with Gasteiger partial charge in [-0.15, -0.1) is 11.8 Å². The van der Waals surface area contributed by atoms with Gasteiger partial charge in [0, 0.05) is 16.2 Å². The van der Waals surface area contributed by atoms with Crippen LogP contribution in [0, 0.1) is 11.7 Å². The van der Waals surface area contributed by atoms with Crippen molar-refractivity contribution in [3.63, 3.8) is 0 Å². The third-order valence-electron chi connectivity index (χ3n) is 4.06. The highest BCUT2D eigenvalue weighted by atomic mass is 32.2. The number of thioether (sulfide) groups is 1. The van der Waals surface area contributed by atoms with E-state index < -0.39 is 0 Å². The molecule has 1 aliphatic carbocycles. The standard InChI is InChI=1S/C16H24FNS/c1-3-12-9-10-14(18-4-2)16(11-12)19-15-8-6-5-7-13(15)17/h5-8,12,14,16,18H,3-4,9-11H2,1-2H3. The predicted octanol–water partition coefficient (Wildman–Crippen LogP) is 4.47. The number of halogens is 1. The largest absolute Gasteiger partial charge is 0.313 e. The van der Waals surface area contributed by atoms with E-state index in [0.29, 0.717) is 11.3 Å². The second-order valence-electron chi connectivity index (χ2n) is 5.34. The molecule has 19 heavy (non-hydrogen) atoms. The average Bonchev–Trinajstić information content (AvgIpc) is 2.43. The van der Waals surface area contributed by atoms with E-state index >= 15 is 0 Å². The van der Waals surface area contributed by atoms with Crippen molar-refractivity contribution in [2.75, 3.05) is 6.54 Å². The third-order valence-corrected chi connectivity index (χ3v) is 5.47. The molecule has 0 amide bonds. The highest BCUT2D eigenvalue weighted by molar-refractivity contribution is 8.00. The monoisotopic (exact) mass is 281 g/mol. The van der Waals surface area contributed by atoms with Gasteiger partial charge in [-0.1, -0.05) is 32.4 Å². The molecule has 0 spiro atoms. The molecule has 1 saturated carbocycles. The van der Waals surface area contributed by atoms with Crippen LogP contribution in [0.25, 0.3) is 0 Å². The molecule has 1 nitrogen and oxygen atoms in total. The first-order valence-electron chi connectivity index (χ1n) is 7.39. The molecule has 0 saturated heterocycles. The van der Waals surface area contributed by atoms with Gasteiger partial charge in [0.1, 0.15) is 5.82 Å². The second kappa shape index (κ2) is 7.30. The number of benzene rings is 1. The lowest BCUT2D eigenvalue weighted by atomic mass is 9.84. The van der Waals surface area contributed by atoms with Gasteiger partial charge in [-0.3, -0.25) is 0 Å². The first-order valence-corrected chi connectivity index (χ1v) is 8.27. The molecule has 0 radical (unpaired) electrons. The summed E-state index contributed by atoms with van der Waals surface area (Å²) in [7, 11) is 0. The van der Waals surface area contributed by atoms with Crippen molar-refractivity contribution < 1.29 is 4.39 Å². The van der Waals surface area contributed by atoms with E-state index in [4.69, 9.17) is 0 Å². The third kappa shape index (κ3) is 3.96. The smallest absolute Gasteiger partial charge is 0.136 e. The van der Waals surface area contributed by atoms with Crippen molar-refractivity contribution >= 4 is 11.8 Å². The van der Waals surface area contributed by atoms with Crippen molar-refractivity contribution in [1.82, 2.24) is 5.32 Å². The maximum Gasteiger partial charge on any atom is 0.136 e. The number of nitrogens with one attached hydrogen (secondary N) is 1. The normalized spacial score (nSPS) is 27.4. The van der Waals surface area contributed by atoms with Crippen molar-refractivity contribution in [1.29, 1.82) is 0 Å². The molecule has 1 fully saturated rings. The van der Waals surface area contributed by atoms with Crippen LogP contribution in [0.15, 0.2) is 29.2 Å². The minimum atomic E-state index is -0.0821. The molecule has 3 unspecified atom stereocenters. The summed E-state index contributed by atoms with van der Waals surface area (Å²) in [6.45, 7) is 5.41. The lowest BCUT2D eigenvalue weighted by Gasteiger charge is -2.36. The zero-order chi connectivity index (χ0) is 13.7. The predicted molar refractivity (Wildman–Crippen MR) is 81.1 cm³/mol. The Kier molecular flexibility index (Phi) is 5.71. The first-order chi connectivity index (χ1) is 9.24. The maximum atomic E-state index is 13.8. The molecule has 2 rings (SSSR count). The van der Waals surface area contributed by atoms with Crippen molar-refractivity contribution in [2.24, 2.45) is 5.92 Å². The Morgan fingerprint density at radius 3 is 2.74 bits per heavy atom. The Hall–Kier alpha value is -0.540. The van der Waals surface area contributed by atoms with E-state index in [1.807, 2.05) is 12.1 Å². The lowest BCUT2D eigenvalue weighted by molar-refractivity contribution is 0.297. The van der Waals surface area contributed by atoms with E-state index in [1.165, 1.54) is 25.7 Å². The molecule has 3 heteroatoms. The highest BCUT2D eigenvalue weighted by Gasteiger charge is 2.30. The van der Waals surface area contributed by atoms with E-state index in [9.17, 15) is 4.39 Å². The number of hydrogen-bond acceptors (Lipinski definition) is 2.